The second kappa shape index (κ2) is 3.01. The van der Waals surface area contributed by atoms with Crippen LogP contribution in [0.25, 0.3) is 0 Å². The minimum Gasteiger partial charge on any atom is -0.204 e. The molecule has 0 fully saturated rings. The maximum Gasteiger partial charge on any atom is 0.110 e. The van der Waals surface area contributed by atoms with Crippen LogP contribution in [0, 0.1) is 17.4 Å². The maximum atomic E-state index is 10.0. The van der Waals surface area contributed by atoms with Crippen molar-refractivity contribution >= 4 is 11.4 Å². The van der Waals surface area contributed by atoms with Gasteiger partial charge in [0.15, 0.2) is 0 Å². The van der Waals surface area contributed by atoms with Gasteiger partial charge in [0, 0.05) is 0 Å². The van der Waals surface area contributed by atoms with Crippen LogP contribution in [0.15, 0.2) is 28.5 Å². The first kappa shape index (κ1) is 7.53. The van der Waals surface area contributed by atoms with E-state index in [-0.39, 0.29) is 0 Å². The largest absolute Gasteiger partial charge is 0.204 e. The standard InChI is InChI=1S/C7H7N3O/c1-5-2-3-6(10-11)4-7(5)9-8/h2-4,8H,1H3. The summed E-state index contributed by atoms with van der Waals surface area (Å²) in [4.78, 5) is 10.0. The molecule has 0 radical (unpaired) electrons. The Balaban J connectivity index is 3.22. The van der Waals surface area contributed by atoms with E-state index < -0.39 is 0 Å². The minimum atomic E-state index is 0.307. The van der Waals surface area contributed by atoms with Crippen molar-refractivity contribution in [3.05, 3.63) is 28.7 Å². The summed E-state index contributed by atoms with van der Waals surface area (Å²) < 4.78 is 0. The average Bonchev–Trinajstić information content (AvgIpc) is 2.05. The molecule has 1 aromatic rings. The van der Waals surface area contributed by atoms with Gasteiger partial charge in [0.25, 0.3) is 0 Å². The SMILES string of the molecule is Cc1ccc(N=O)cc1N=N. The number of rotatable bonds is 2. The second-order valence-corrected chi connectivity index (χ2v) is 2.17. The predicted octanol–water partition coefficient (Wildman–Crippen LogP) is 3.06. The number of hydrogen-bond acceptors (Lipinski definition) is 4. The molecular formula is C7H7N3O. The Labute approximate surface area is 63.7 Å². The molecule has 1 rings (SSSR count). The third kappa shape index (κ3) is 1.46. The highest BCUT2D eigenvalue weighted by Gasteiger charge is 1.97. The molecular weight excluding hydrogens is 142 g/mol. The smallest absolute Gasteiger partial charge is 0.110 e. The van der Waals surface area contributed by atoms with E-state index in [2.05, 4.69) is 10.3 Å². The zero-order chi connectivity index (χ0) is 8.27. The highest BCUT2D eigenvalue weighted by Crippen LogP contribution is 2.23. The van der Waals surface area contributed by atoms with Crippen LogP contribution in [0.3, 0.4) is 0 Å². The van der Waals surface area contributed by atoms with Gasteiger partial charge in [-0.25, -0.2) is 5.53 Å². The quantitative estimate of drug-likeness (QED) is 0.509. The zero-order valence-electron chi connectivity index (χ0n) is 6.03. The van der Waals surface area contributed by atoms with Crippen molar-refractivity contribution < 1.29 is 0 Å². The first-order chi connectivity index (χ1) is 5.27. The van der Waals surface area contributed by atoms with Crippen molar-refractivity contribution in [3.63, 3.8) is 0 Å². The lowest BCUT2D eigenvalue weighted by Crippen LogP contribution is -1.71. The van der Waals surface area contributed by atoms with Crippen LogP contribution in [0.4, 0.5) is 11.4 Å². The molecule has 0 atom stereocenters. The topological polar surface area (TPSA) is 65.6 Å². The molecule has 0 bridgehead atoms. The number of benzene rings is 1. The van der Waals surface area contributed by atoms with E-state index in [1.807, 2.05) is 6.92 Å². The molecule has 0 aliphatic carbocycles. The molecule has 0 amide bonds. The van der Waals surface area contributed by atoms with Crippen molar-refractivity contribution in [2.24, 2.45) is 10.3 Å². The summed E-state index contributed by atoms with van der Waals surface area (Å²) in [6.07, 6.45) is 0. The molecule has 4 heteroatoms. The van der Waals surface area contributed by atoms with Gasteiger partial charge in [0.05, 0.1) is 5.69 Å². The second-order valence-electron chi connectivity index (χ2n) is 2.17. The highest BCUT2D eigenvalue weighted by atomic mass is 16.3. The fourth-order valence-corrected chi connectivity index (χ4v) is 0.775. The Kier molecular flexibility index (Phi) is 2.06. The lowest BCUT2D eigenvalue weighted by molar-refractivity contribution is 1.13. The molecule has 0 saturated carbocycles. The first-order valence-electron chi connectivity index (χ1n) is 3.09. The molecule has 0 aliphatic rings. The van der Waals surface area contributed by atoms with E-state index in [1.54, 1.807) is 12.1 Å². The Hall–Kier alpha value is -1.58. The Morgan fingerprint density at radius 3 is 2.73 bits per heavy atom. The van der Waals surface area contributed by atoms with Gasteiger partial charge in [-0.05, 0) is 29.8 Å². The molecule has 0 aromatic heterocycles. The van der Waals surface area contributed by atoms with Gasteiger partial charge in [-0.2, -0.15) is 5.11 Å². The fraction of sp³-hybridized carbons (Fsp3) is 0.143. The van der Waals surface area contributed by atoms with E-state index in [0.717, 1.165) is 5.56 Å². The minimum absolute atomic E-state index is 0.307. The summed E-state index contributed by atoms with van der Waals surface area (Å²) >= 11 is 0. The summed E-state index contributed by atoms with van der Waals surface area (Å²) in [6.45, 7) is 1.82. The van der Waals surface area contributed by atoms with E-state index >= 15 is 0 Å². The molecule has 0 aliphatic heterocycles. The monoisotopic (exact) mass is 149 g/mol. The van der Waals surface area contributed by atoms with Crippen LogP contribution < -0.4 is 0 Å². The number of aryl methyl sites for hydroxylation is 1. The molecule has 0 saturated heterocycles. The number of nitroso groups, excluding NO2 is 1. The van der Waals surface area contributed by atoms with E-state index in [4.69, 9.17) is 5.53 Å². The molecule has 4 nitrogen and oxygen atoms in total. The lowest BCUT2D eigenvalue weighted by Gasteiger charge is -1.96. The van der Waals surface area contributed by atoms with E-state index in [1.165, 1.54) is 6.07 Å². The molecule has 1 aromatic carbocycles. The van der Waals surface area contributed by atoms with Gasteiger partial charge in [-0.15, -0.1) is 4.91 Å². The average molecular weight is 149 g/mol. The van der Waals surface area contributed by atoms with Gasteiger partial charge in [0.1, 0.15) is 5.69 Å². The number of nitrogens with zero attached hydrogens (tertiary/aromatic N) is 2. The zero-order valence-corrected chi connectivity index (χ0v) is 6.03. The third-order valence-corrected chi connectivity index (χ3v) is 1.42. The van der Waals surface area contributed by atoms with Gasteiger partial charge in [-0.1, -0.05) is 6.07 Å². The molecule has 56 valence electrons. The Morgan fingerprint density at radius 1 is 1.45 bits per heavy atom. The maximum absolute atomic E-state index is 10.0. The summed E-state index contributed by atoms with van der Waals surface area (Å²) in [5, 5.41) is 5.96. The van der Waals surface area contributed by atoms with Crippen molar-refractivity contribution in [1.82, 2.24) is 0 Å². The van der Waals surface area contributed by atoms with Gasteiger partial charge in [-0.3, -0.25) is 0 Å². The van der Waals surface area contributed by atoms with Crippen LogP contribution in [0.5, 0.6) is 0 Å². The molecule has 1 N–H and O–H groups in total. The summed E-state index contributed by atoms with van der Waals surface area (Å²) in [5.41, 5.74) is 8.40. The van der Waals surface area contributed by atoms with Crippen molar-refractivity contribution in [2.45, 2.75) is 6.92 Å². The van der Waals surface area contributed by atoms with Crippen LogP contribution in [-0.2, 0) is 0 Å². The van der Waals surface area contributed by atoms with Gasteiger partial charge >= 0.3 is 0 Å². The van der Waals surface area contributed by atoms with E-state index in [9.17, 15) is 4.91 Å². The highest BCUT2D eigenvalue weighted by molar-refractivity contribution is 5.54. The Bertz CT molecular complexity index is 296. The normalized spacial score (nSPS) is 9.18. The van der Waals surface area contributed by atoms with Crippen LogP contribution >= 0.6 is 0 Å². The van der Waals surface area contributed by atoms with Crippen molar-refractivity contribution in [2.75, 3.05) is 0 Å². The third-order valence-electron chi connectivity index (χ3n) is 1.42. The summed E-state index contributed by atoms with van der Waals surface area (Å²) in [5.74, 6) is 0. The Morgan fingerprint density at radius 2 is 2.18 bits per heavy atom. The molecule has 11 heavy (non-hydrogen) atoms. The molecule has 0 spiro atoms. The van der Waals surface area contributed by atoms with Crippen molar-refractivity contribution in [1.29, 1.82) is 5.53 Å². The van der Waals surface area contributed by atoms with Crippen molar-refractivity contribution in [3.8, 4) is 0 Å². The molecule has 0 unspecified atom stereocenters. The van der Waals surface area contributed by atoms with Crippen LogP contribution in [0.1, 0.15) is 5.56 Å². The van der Waals surface area contributed by atoms with Crippen LogP contribution in [0.2, 0.25) is 0 Å². The predicted molar refractivity (Wildman–Crippen MR) is 41.4 cm³/mol. The number of hydrogen-bond donors (Lipinski definition) is 1. The van der Waals surface area contributed by atoms with E-state index in [0.29, 0.717) is 11.4 Å². The summed E-state index contributed by atoms with van der Waals surface area (Å²) in [6, 6.07) is 4.79. The lowest BCUT2D eigenvalue weighted by atomic mass is 10.2. The van der Waals surface area contributed by atoms with Gasteiger partial charge < -0.3 is 0 Å². The molecule has 0 heterocycles. The van der Waals surface area contributed by atoms with Crippen LogP contribution in [-0.4, -0.2) is 0 Å². The first-order valence-corrected chi connectivity index (χ1v) is 3.09. The number of nitrogens with one attached hydrogen (secondary N) is 1. The summed E-state index contributed by atoms with van der Waals surface area (Å²) in [7, 11) is 0. The fourth-order valence-electron chi connectivity index (χ4n) is 0.775. The van der Waals surface area contributed by atoms with Gasteiger partial charge in [0.2, 0.25) is 0 Å².